The molecule has 2 aromatic rings. The van der Waals surface area contributed by atoms with Crippen molar-refractivity contribution in [2.45, 2.75) is 31.8 Å². The Bertz CT molecular complexity index is 840. The highest BCUT2D eigenvalue weighted by Gasteiger charge is 2.41. The van der Waals surface area contributed by atoms with Gasteiger partial charge in [0.1, 0.15) is 0 Å². The van der Waals surface area contributed by atoms with Crippen LogP contribution in [0.3, 0.4) is 0 Å². The minimum absolute atomic E-state index is 0.00269. The summed E-state index contributed by atoms with van der Waals surface area (Å²) in [5.41, 5.74) is 2.96. The van der Waals surface area contributed by atoms with Gasteiger partial charge in [0.05, 0.1) is 10.8 Å². The van der Waals surface area contributed by atoms with E-state index in [1.165, 1.54) is 0 Å². The molecule has 0 radical (unpaired) electrons. The molecule has 2 aliphatic heterocycles. The lowest BCUT2D eigenvalue weighted by Crippen LogP contribution is -2.48. The number of carbonyl (C=O) groups excluding carboxylic acids is 1. The van der Waals surface area contributed by atoms with Crippen molar-refractivity contribution in [3.63, 3.8) is 0 Å². The number of carbonyl (C=O) groups is 1. The summed E-state index contributed by atoms with van der Waals surface area (Å²) in [5.74, 6) is -0.188. The number of hydrogen-bond donors (Lipinski definition) is 1. The van der Waals surface area contributed by atoms with Crippen molar-refractivity contribution in [3.8, 4) is 0 Å². The minimum Gasteiger partial charge on any atom is -0.368 e. The molecule has 7 nitrogen and oxygen atoms in total. The number of nitro groups is 1. The van der Waals surface area contributed by atoms with Crippen molar-refractivity contribution in [2.75, 3.05) is 11.4 Å². The van der Waals surface area contributed by atoms with Crippen LogP contribution in [0.15, 0.2) is 42.7 Å². The molecule has 2 aliphatic rings. The lowest BCUT2D eigenvalue weighted by atomic mass is 9.85. The number of amides is 1. The molecule has 2 unspecified atom stereocenters. The van der Waals surface area contributed by atoms with Crippen molar-refractivity contribution < 1.29 is 9.72 Å². The number of fused-ring (bicyclic) bond motifs is 3. The number of benzene rings is 1. The van der Waals surface area contributed by atoms with Gasteiger partial charge in [0.15, 0.2) is 0 Å². The number of anilines is 1. The van der Waals surface area contributed by atoms with Gasteiger partial charge in [0, 0.05) is 49.3 Å². The van der Waals surface area contributed by atoms with Crippen LogP contribution in [0.5, 0.6) is 0 Å². The molecule has 26 heavy (non-hydrogen) atoms. The number of non-ortho nitro benzene ring substituents is 1. The molecule has 1 amide bonds. The molecule has 1 aromatic carbocycles. The van der Waals surface area contributed by atoms with Crippen molar-refractivity contribution >= 4 is 17.3 Å². The molecular formula is C19H20N4O3. The Balaban J connectivity index is 1.56. The fraction of sp³-hybridized carbons (Fsp3) is 0.368. The fourth-order valence-corrected chi connectivity index (χ4v) is 4.10. The van der Waals surface area contributed by atoms with Gasteiger partial charge >= 0.3 is 0 Å². The van der Waals surface area contributed by atoms with Crippen molar-refractivity contribution in [2.24, 2.45) is 5.92 Å². The van der Waals surface area contributed by atoms with Gasteiger partial charge in [-0.05, 0) is 42.5 Å². The summed E-state index contributed by atoms with van der Waals surface area (Å²) in [5, 5.41) is 14.1. The third kappa shape index (κ3) is 3.00. The smallest absolute Gasteiger partial charge is 0.269 e. The van der Waals surface area contributed by atoms with E-state index in [0.717, 1.165) is 36.2 Å². The summed E-state index contributed by atoms with van der Waals surface area (Å²) >= 11 is 0. The van der Waals surface area contributed by atoms with Crippen LogP contribution >= 0.6 is 0 Å². The van der Waals surface area contributed by atoms with E-state index in [4.69, 9.17) is 0 Å². The highest BCUT2D eigenvalue weighted by atomic mass is 16.6. The Kier molecular flexibility index (Phi) is 4.28. The zero-order valence-corrected chi connectivity index (χ0v) is 14.3. The Morgan fingerprint density at radius 3 is 3.04 bits per heavy atom. The van der Waals surface area contributed by atoms with E-state index in [9.17, 15) is 14.9 Å². The van der Waals surface area contributed by atoms with Crippen LogP contribution in [0.4, 0.5) is 11.4 Å². The average molecular weight is 352 g/mol. The second-order valence-corrected chi connectivity index (χ2v) is 6.86. The molecule has 134 valence electrons. The van der Waals surface area contributed by atoms with Crippen LogP contribution in [0.1, 0.15) is 24.0 Å². The van der Waals surface area contributed by atoms with E-state index >= 15 is 0 Å². The van der Waals surface area contributed by atoms with Gasteiger partial charge in [-0.15, -0.1) is 0 Å². The number of nitro benzene ring substituents is 1. The number of pyridine rings is 1. The number of nitrogens with one attached hydrogen (secondary N) is 1. The summed E-state index contributed by atoms with van der Waals surface area (Å²) in [4.78, 5) is 29.9. The van der Waals surface area contributed by atoms with E-state index < -0.39 is 0 Å². The monoisotopic (exact) mass is 352 g/mol. The molecule has 4 rings (SSSR count). The third-order valence-corrected chi connectivity index (χ3v) is 5.31. The van der Waals surface area contributed by atoms with E-state index in [0.29, 0.717) is 13.0 Å². The fourth-order valence-electron chi connectivity index (χ4n) is 4.10. The predicted molar refractivity (Wildman–Crippen MR) is 96.7 cm³/mol. The normalized spacial score (nSPS) is 21.0. The van der Waals surface area contributed by atoms with E-state index in [1.807, 2.05) is 18.2 Å². The van der Waals surface area contributed by atoms with Crippen molar-refractivity contribution in [1.29, 1.82) is 0 Å². The molecular weight excluding hydrogens is 332 g/mol. The first-order valence-electron chi connectivity index (χ1n) is 8.84. The topological polar surface area (TPSA) is 88.4 Å². The van der Waals surface area contributed by atoms with E-state index in [1.54, 1.807) is 24.5 Å². The van der Waals surface area contributed by atoms with Crippen LogP contribution < -0.4 is 10.2 Å². The maximum absolute atomic E-state index is 12.9. The molecule has 0 bridgehead atoms. The average Bonchev–Trinajstić information content (AvgIpc) is 3.15. The molecule has 1 aromatic heterocycles. The molecule has 1 fully saturated rings. The Morgan fingerprint density at radius 1 is 1.38 bits per heavy atom. The molecule has 2 atom stereocenters. The Morgan fingerprint density at radius 2 is 2.27 bits per heavy atom. The highest BCUT2D eigenvalue weighted by Crippen LogP contribution is 2.40. The van der Waals surface area contributed by atoms with Crippen LogP contribution in [0.25, 0.3) is 0 Å². The summed E-state index contributed by atoms with van der Waals surface area (Å²) < 4.78 is 0. The maximum atomic E-state index is 12.9. The molecule has 0 aliphatic carbocycles. The SMILES string of the molecule is O=C(NCc1cccnc1)C1Cc2cc([N+](=O)[O-])ccc2N2CCCC12. The van der Waals surface area contributed by atoms with Gasteiger partial charge in [0.25, 0.3) is 5.69 Å². The largest absolute Gasteiger partial charge is 0.368 e. The van der Waals surface area contributed by atoms with Crippen LogP contribution in [0.2, 0.25) is 0 Å². The number of rotatable bonds is 4. The zero-order valence-electron chi connectivity index (χ0n) is 14.3. The lowest BCUT2D eigenvalue weighted by molar-refractivity contribution is -0.384. The van der Waals surface area contributed by atoms with Gasteiger partial charge in [-0.3, -0.25) is 19.9 Å². The van der Waals surface area contributed by atoms with E-state index in [2.05, 4.69) is 15.2 Å². The van der Waals surface area contributed by atoms with Gasteiger partial charge in [0.2, 0.25) is 5.91 Å². The number of aromatic nitrogens is 1. The third-order valence-electron chi connectivity index (χ3n) is 5.31. The summed E-state index contributed by atoms with van der Waals surface area (Å²) in [6.07, 6.45) is 5.99. The molecule has 3 heterocycles. The molecule has 7 heteroatoms. The van der Waals surface area contributed by atoms with Gasteiger partial charge in [-0.2, -0.15) is 0 Å². The van der Waals surface area contributed by atoms with Crippen molar-refractivity contribution in [1.82, 2.24) is 10.3 Å². The first-order valence-corrected chi connectivity index (χ1v) is 8.84. The maximum Gasteiger partial charge on any atom is 0.269 e. The molecule has 1 N–H and O–H groups in total. The summed E-state index contributed by atoms with van der Waals surface area (Å²) in [6, 6.07) is 8.93. The standard InChI is InChI=1S/C19H20N4O3/c24-19(21-12-13-3-1-7-20-11-13)16-10-14-9-15(23(25)26)5-6-17(14)22-8-2-4-18(16)22/h1,3,5-7,9,11,16,18H,2,4,8,10,12H2,(H,21,24). The summed E-state index contributed by atoms with van der Waals surface area (Å²) in [7, 11) is 0. The quantitative estimate of drug-likeness (QED) is 0.674. The second-order valence-electron chi connectivity index (χ2n) is 6.86. The first kappa shape index (κ1) is 16.5. The molecule has 0 spiro atoms. The highest BCUT2D eigenvalue weighted by molar-refractivity contribution is 5.82. The van der Waals surface area contributed by atoms with Gasteiger partial charge < -0.3 is 10.2 Å². The first-order chi connectivity index (χ1) is 12.6. The van der Waals surface area contributed by atoms with Gasteiger partial charge in [-0.1, -0.05) is 6.07 Å². The van der Waals surface area contributed by atoms with Crippen molar-refractivity contribution in [3.05, 3.63) is 64.0 Å². The van der Waals surface area contributed by atoms with Crippen LogP contribution in [0, 0.1) is 16.0 Å². The Hall–Kier alpha value is -2.96. The predicted octanol–water partition coefficient (Wildman–Crippen LogP) is 2.45. The molecule has 1 saturated heterocycles. The van der Waals surface area contributed by atoms with Crippen LogP contribution in [-0.2, 0) is 17.8 Å². The number of hydrogen-bond acceptors (Lipinski definition) is 5. The Labute approximate surface area is 151 Å². The molecule has 0 saturated carbocycles. The van der Waals surface area contributed by atoms with E-state index in [-0.39, 0.29) is 28.5 Å². The zero-order chi connectivity index (χ0) is 18.1. The second kappa shape index (κ2) is 6.74. The number of nitrogens with zero attached hydrogens (tertiary/aromatic N) is 3. The lowest BCUT2D eigenvalue weighted by Gasteiger charge is -2.38. The van der Waals surface area contributed by atoms with Gasteiger partial charge in [-0.25, -0.2) is 0 Å². The van der Waals surface area contributed by atoms with Crippen LogP contribution in [-0.4, -0.2) is 28.4 Å². The summed E-state index contributed by atoms with van der Waals surface area (Å²) in [6.45, 7) is 1.33. The minimum atomic E-state index is -0.381.